The number of nitrogens with two attached hydrogens (primary N) is 2. The van der Waals surface area contributed by atoms with Crippen LogP contribution in [-0.2, 0) is 0 Å². The van der Waals surface area contributed by atoms with Crippen LogP contribution in [0.25, 0.3) is 22.2 Å². The molecule has 0 spiro atoms. The zero-order valence-electron chi connectivity index (χ0n) is 8.92. The van der Waals surface area contributed by atoms with Gasteiger partial charge in [0.15, 0.2) is 12.0 Å². The van der Waals surface area contributed by atoms with Crippen LogP contribution in [0.1, 0.15) is 0 Å². The number of hydrogen-bond acceptors (Lipinski definition) is 5. The van der Waals surface area contributed by atoms with Gasteiger partial charge in [-0.2, -0.15) is 0 Å². The van der Waals surface area contributed by atoms with Crippen LogP contribution >= 0.6 is 0 Å². The molecule has 0 saturated heterocycles. The van der Waals surface area contributed by atoms with Crippen LogP contribution in [0.15, 0.2) is 41.1 Å². The van der Waals surface area contributed by atoms with Crippen molar-refractivity contribution in [3.8, 4) is 11.1 Å². The van der Waals surface area contributed by atoms with Crippen LogP contribution in [0.4, 0.5) is 11.6 Å². The van der Waals surface area contributed by atoms with Crippen LogP contribution in [0.3, 0.4) is 0 Å². The van der Waals surface area contributed by atoms with Crippen molar-refractivity contribution in [3.63, 3.8) is 0 Å². The van der Waals surface area contributed by atoms with E-state index in [2.05, 4.69) is 9.97 Å². The van der Waals surface area contributed by atoms with Gasteiger partial charge in [-0.3, -0.25) is 0 Å². The Balaban J connectivity index is 2.19. The summed E-state index contributed by atoms with van der Waals surface area (Å²) in [6.45, 7) is 0. The fourth-order valence-electron chi connectivity index (χ4n) is 1.78. The molecule has 0 atom stereocenters. The third-order valence-corrected chi connectivity index (χ3v) is 2.53. The number of pyridine rings is 1. The van der Waals surface area contributed by atoms with E-state index in [4.69, 9.17) is 15.9 Å². The van der Waals surface area contributed by atoms with Crippen molar-refractivity contribution in [2.24, 2.45) is 0 Å². The van der Waals surface area contributed by atoms with Crippen LogP contribution in [0, 0.1) is 0 Å². The number of hydrogen-bond donors (Lipinski definition) is 2. The first-order chi connectivity index (χ1) is 8.22. The van der Waals surface area contributed by atoms with Gasteiger partial charge in [0.2, 0.25) is 0 Å². The molecule has 0 radical (unpaired) electrons. The minimum absolute atomic E-state index is 0.401. The SMILES string of the molecule is Nc1cc(-c2ccc3ncoc3c2)cc(N)n1. The Hall–Kier alpha value is -2.56. The van der Waals surface area contributed by atoms with E-state index in [1.54, 1.807) is 12.1 Å². The molecule has 17 heavy (non-hydrogen) atoms. The van der Waals surface area contributed by atoms with Crippen LogP contribution in [0.2, 0.25) is 0 Å². The lowest BCUT2D eigenvalue weighted by molar-refractivity contribution is 0.602. The van der Waals surface area contributed by atoms with Crippen LogP contribution < -0.4 is 11.5 Å². The van der Waals surface area contributed by atoms with Gasteiger partial charge in [0, 0.05) is 0 Å². The fourth-order valence-corrected chi connectivity index (χ4v) is 1.78. The Morgan fingerprint density at radius 1 is 0.941 bits per heavy atom. The van der Waals surface area contributed by atoms with Crippen molar-refractivity contribution in [2.75, 3.05) is 11.5 Å². The molecule has 0 saturated carbocycles. The van der Waals surface area contributed by atoms with E-state index in [0.29, 0.717) is 11.6 Å². The van der Waals surface area contributed by atoms with E-state index in [1.165, 1.54) is 6.39 Å². The van der Waals surface area contributed by atoms with E-state index in [9.17, 15) is 0 Å². The number of aromatic nitrogens is 2. The number of nitrogens with zero attached hydrogens (tertiary/aromatic N) is 2. The van der Waals surface area contributed by atoms with Crippen LogP contribution in [-0.4, -0.2) is 9.97 Å². The third-order valence-electron chi connectivity index (χ3n) is 2.53. The summed E-state index contributed by atoms with van der Waals surface area (Å²) in [5.74, 6) is 0.801. The Morgan fingerprint density at radius 3 is 2.47 bits per heavy atom. The molecular formula is C12H10N4O. The summed E-state index contributed by atoms with van der Waals surface area (Å²) >= 11 is 0. The molecule has 0 aliphatic rings. The molecule has 0 bridgehead atoms. The molecule has 2 aromatic heterocycles. The number of anilines is 2. The maximum atomic E-state index is 5.66. The van der Waals surface area contributed by atoms with Crippen molar-refractivity contribution >= 4 is 22.7 Å². The van der Waals surface area contributed by atoms with E-state index >= 15 is 0 Å². The van der Waals surface area contributed by atoms with E-state index in [-0.39, 0.29) is 0 Å². The summed E-state index contributed by atoms with van der Waals surface area (Å²) < 4.78 is 5.25. The predicted octanol–water partition coefficient (Wildman–Crippen LogP) is 2.05. The molecule has 84 valence electrons. The first kappa shape index (κ1) is 9.65. The number of oxazole rings is 1. The average molecular weight is 226 g/mol. The number of nitrogen functional groups attached to an aromatic ring is 2. The van der Waals surface area contributed by atoms with E-state index in [0.717, 1.165) is 22.2 Å². The largest absolute Gasteiger partial charge is 0.443 e. The summed E-state index contributed by atoms with van der Waals surface area (Å²) in [5, 5.41) is 0. The Kier molecular flexibility index (Phi) is 1.98. The highest BCUT2D eigenvalue weighted by atomic mass is 16.3. The standard InChI is InChI=1S/C12H10N4O/c13-11-4-8(5-12(14)16-11)7-1-2-9-10(3-7)17-6-15-9/h1-6H,(H4,13,14,16). The molecule has 0 amide bonds. The number of rotatable bonds is 1. The molecule has 5 heteroatoms. The number of benzene rings is 1. The van der Waals surface area contributed by atoms with Gasteiger partial charge in [0.05, 0.1) is 0 Å². The summed E-state index contributed by atoms with van der Waals surface area (Å²) in [6.07, 6.45) is 1.42. The lowest BCUT2D eigenvalue weighted by Crippen LogP contribution is -1.96. The number of fused-ring (bicyclic) bond motifs is 1. The van der Waals surface area contributed by atoms with Gasteiger partial charge in [-0.15, -0.1) is 0 Å². The normalized spacial score (nSPS) is 10.8. The van der Waals surface area contributed by atoms with Gasteiger partial charge in [-0.05, 0) is 35.4 Å². The van der Waals surface area contributed by atoms with Crippen molar-refractivity contribution in [1.82, 2.24) is 9.97 Å². The predicted molar refractivity (Wildman–Crippen MR) is 66.1 cm³/mol. The molecule has 4 N–H and O–H groups in total. The highest BCUT2D eigenvalue weighted by Gasteiger charge is 2.04. The lowest BCUT2D eigenvalue weighted by atomic mass is 10.1. The zero-order valence-corrected chi connectivity index (χ0v) is 8.92. The van der Waals surface area contributed by atoms with E-state index < -0.39 is 0 Å². The lowest BCUT2D eigenvalue weighted by Gasteiger charge is -2.03. The second-order valence-corrected chi connectivity index (χ2v) is 3.74. The molecule has 1 aromatic carbocycles. The summed E-state index contributed by atoms with van der Waals surface area (Å²) in [4.78, 5) is 7.99. The van der Waals surface area contributed by atoms with Gasteiger partial charge >= 0.3 is 0 Å². The van der Waals surface area contributed by atoms with Crippen molar-refractivity contribution in [1.29, 1.82) is 0 Å². The molecule has 2 heterocycles. The quantitative estimate of drug-likeness (QED) is 0.662. The van der Waals surface area contributed by atoms with Crippen molar-refractivity contribution in [3.05, 3.63) is 36.7 Å². The van der Waals surface area contributed by atoms with Gasteiger partial charge in [0.25, 0.3) is 0 Å². The first-order valence-electron chi connectivity index (χ1n) is 5.09. The first-order valence-corrected chi connectivity index (χ1v) is 5.09. The molecule has 0 aliphatic carbocycles. The highest BCUT2D eigenvalue weighted by Crippen LogP contribution is 2.26. The van der Waals surface area contributed by atoms with Crippen molar-refractivity contribution < 1.29 is 4.42 Å². The highest BCUT2D eigenvalue weighted by molar-refractivity contribution is 5.81. The molecule has 3 rings (SSSR count). The fraction of sp³-hybridized carbons (Fsp3) is 0. The van der Waals surface area contributed by atoms with Gasteiger partial charge < -0.3 is 15.9 Å². The minimum atomic E-state index is 0.401. The monoisotopic (exact) mass is 226 g/mol. The molecule has 0 aliphatic heterocycles. The summed E-state index contributed by atoms with van der Waals surface area (Å²) in [7, 11) is 0. The molecule has 0 fully saturated rings. The minimum Gasteiger partial charge on any atom is -0.443 e. The smallest absolute Gasteiger partial charge is 0.181 e. The third kappa shape index (κ3) is 1.67. The Morgan fingerprint density at radius 2 is 1.71 bits per heavy atom. The van der Waals surface area contributed by atoms with Gasteiger partial charge in [-0.25, -0.2) is 9.97 Å². The summed E-state index contributed by atoms with van der Waals surface area (Å²) in [5.41, 5.74) is 14.8. The van der Waals surface area contributed by atoms with Gasteiger partial charge in [0.1, 0.15) is 17.2 Å². The molecular weight excluding hydrogens is 216 g/mol. The maximum absolute atomic E-state index is 5.66. The van der Waals surface area contributed by atoms with E-state index in [1.807, 2.05) is 18.2 Å². The Bertz CT molecular complexity index is 670. The topological polar surface area (TPSA) is 91.0 Å². The zero-order chi connectivity index (χ0) is 11.8. The van der Waals surface area contributed by atoms with Crippen molar-refractivity contribution in [2.45, 2.75) is 0 Å². The second kappa shape index (κ2) is 3.48. The van der Waals surface area contributed by atoms with Crippen LogP contribution in [0.5, 0.6) is 0 Å². The maximum Gasteiger partial charge on any atom is 0.181 e. The Labute approximate surface area is 97.1 Å². The molecule has 5 nitrogen and oxygen atoms in total. The molecule has 3 aromatic rings. The molecule has 0 unspecified atom stereocenters. The van der Waals surface area contributed by atoms with Gasteiger partial charge in [-0.1, -0.05) is 6.07 Å². The average Bonchev–Trinajstić information content (AvgIpc) is 2.74. The summed E-state index contributed by atoms with van der Waals surface area (Å²) in [6, 6.07) is 9.28. The second-order valence-electron chi connectivity index (χ2n) is 3.74.